The fraction of sp³-hybridized carbons (Fsp3) is 0.562. The van der Waals surface area contributed by atoms with Crippen LogP contribution >= 0.6 is 0 Å². The summed E-state index contributed by atoms with van der Waals surface area (Å²) in [6.45, 7) is 7.62. The molecule has 2 N–H and O–H groups in total. The van der Waals surface area contributed by atoms with Gasteiger partial charge in [0.15, 0.2) is 6.61 Å². The summed E-state index contributed by atoms with van der Waals surface area (Å²) in [7, 11) is 0. The third-order valence-corrected chi connectivity index (χ3v) is 3.23. The summed E-state index contributed by atoms with van der Waals surface area (Å²) in [5, 5.41) is 12.9. The molecule has 0 saturated carbocycles. The van der Waals surface area contributed by atoms with Gasteiger partial charge in [0.1, 0.15) is 17.1 Å². The van der Waals surface area contributed by atoms with Gasteiger partial charge in [0.25, 0.3) is 5.91 Å². The van der Waals surface area contributed by atoms with E-state index in [1.807, 2.05) is 27.7 Å². The summed E-state index contributed by atoms with van der Waals surface area (Å²) >= 11 is 0. The first-order chi connectivity index (χ1) is 9.77. The maximum atomic E-state index is 11.6. The van der Waals surface area contributed by atoms with E-state index in [2.05, 4.69) is 5.32 Å². The van der Waals surface area contributed by atoms with Crippen LogP contribution < -0.4 is 14.8 Å². The molecule has 1 aliphatic rings. The summed E-state index contributed by atoms with van der Waals surface area (Å²) in [6.07, 6.45) is 0.0128. The highest BCUT2D eigenvalue weighted by Crippen LogP contribution is 2.40. The minimum Gasteiger partial charge on any atom is -0.487 e. The average Bonchev–Trinajstić information content (AvgIpc) is 2.33. The Hall–Kier alpha value is -1.75. The highest BCUT2D eigenvalue weighted by Gasteiger charge is 2.32. The molecule has 0 fully saturated rings. The maximum absolute atomic E-state index is 11.6. The average molecular weight is 293 g/mol. The Kier molecular flexibility index (Phi) is 4.42. The number of aliphatic hydroxyl groups is 1. The molecule has 21 heavy (non-hydrogen) atoms. The van der Waals surface area contributed by atoms with Gasteiger partial charge in [-0.1, -0.05) is 0 Å². The predicted octanol–water partition coefficient (Wildman–Crippen LogP) is 2.18. The molecule has 1 atom stereocenters. The molecule has 1 aromatic carbocycles. The van der Waals surface area contributed by atoms with Crippen molar-refractivity contribution in [2.45, 2.75) is 51.9 Å². The number of rotatable bonds is 4. The number of aliphatic hydroxyl groups excluding tert-OH is 1. The number of carbonyl (C=O) groups excluding carboxylic acids is 1. The van der Waals surface area contributed by atoms with Crippen LogP contribution in [0.3, 0.4) is 0 Å². The number of carbonyl (C=O) groups is 1. The van der Waals surface area contributed by atoms with Crippen LogP contribution in [0, 0.1) is 0 Å². The summed E-state index contributed by atoms with van der Waals surface area (Å²) in [5.41, 5.74) is 0.341. The van der Waals surface area contributed by atoms with E-state index in [9.17, 15) is 9.90 Å². The van der Waals surface area contributed by atoms with Crippen molar-refractivity contribution in [1.29, 1.82) is 0 Å². The lowest BCUT2D eigenvalue weighted by Crippen LogP contribution is -2.35. The van der Waals surface area contributed by atoms with Crippen LogP contribution in [0.25, 0.3) is 0 Å². The zero-order valence-corrected chi connectivity index (χ0v) is 13.0. The van der Waals surface area contributed by atoms with Gasteiger partial charge in [-0.3, -0.25) is 4.79 Å². The van der Waals surface area contributed by atoms with Gasteiger partial charge in [-0.25, -0.2) is 0 Å². The molecular formula is C16H23NO4. The van der Waals surface area contributed by atoms with E-state index >= 15 is 0 Å². The Labute approximate surface area is 125 Å². The molecule has 1 unspecified atom stereocenters. The highest BCUT2D eigenvalue weighted by atomic mass is 16.5. The van der Waals surface area contributed by atoms with E-state index in [-0.39, 0.29) is 18.6 Å². The third kappa shape index (κ3) is 4.11. The highest BCUT2D eigenvalue weighted by molar-refractivity contribution is 5.77. The van der Waals surface area contributed by atoms with Crippen molar-refractivity contribution >= 4 is 5.91 Å². The Bertz CT molecular complexity index is 525. The second-order valence-corrected chi connectivity index (χ2v) is 6.29. The van der Waals surface area contributed by atoms with Crippen LogP contribution in [0.5, 0.6) is 11.5 Å². The summed E-state index contributed by atoms with van der Waals surface area (Å²) in [5.74, 6) is 1.00. The second-order valence-electron chi connectivity index (χ2n) is 6.29. The second kappa shape index (κ2) is 5.93. The van der Waals surface area contributed by atoms with Crippen LogP contribution in [-0.2, 0) is 4.79 Å². The molecule has 0 aromatic heterocycles. The molecule has 0 aliphatic carbocycles. The maximum Gasteiger partial charge on any atom is 0.258 e. The summed E-state index contributed by atoms with van der Waals surface area (Å²) in [4.78, 5) is 11.6. The molecule has 0 spiro atoms. The number of ether oxygens (including phenoxy) is 2. The predicted molar refractivity (Wildman–Crippen MR) is 79.5 cm³/mol. The number of fused-ring (bicyclic) bond motifs is 1. The van der Waals surface area contributed by atoms with Crippen molar-refractivity contribution < 1.29 is 19.4 Å². The molecule has 2 rings (SSSR count). The van der Waals surface area contributed by atoms with E-state index in [4.69, 9.17) is 9.47 Å². The van der Waals surface area contributed by atoms with E-state index in [0.29, 0.717) is 17.9 Å². The van der Waals surface area contributed by atoms with E-state index in [1.54, 1.807) is 18.2 Å². The van der Waals surface area contributed by atoms with Gasteiger partial charge in [-0.2, -0.15) is 0 Å². The smallest absolute Gasteiger partial charge is 0.258 e. The molecule has 116 valence electrons. The van der Waals surface area contributed by atoms with Crippen molar-refractivity contribution in [2.75, 3.05) is 6.61 Å². The molecule has 0 bridgehead atoms. The van der Waals surface area contributed by atoms with Crippen LogP contribution in [0.2, 0.25) is 0 Å². The topological polar surface area (TPSA) is 67.8 Å². The van der Waals surface area contributed by atoms with Crippen molar-refractivity contribution in [3.05, 3.63) is 23.8 Å². The van der Waals surface area contributed by atoms with Crippen LogP contribution in [-0.4, -0.2) is 29.3 Å². The lowest BCUT2D eigenvalue weighted by atomic mass is 9.92. The molecular weight excluding hydrogens is 270 g/mol. The SMILES string of the molecule is CC(C)NC(=O)COc1ccc2c(c1)OC(C)(C)CC2O. The fourth-order valence-electron chi connectivity index (χ4n) is 2.40. The zero-order chi connectivity index (χ0) is 15.6. The summed E-state index contributed by atoms with van der Waals surface area (Å²) in [6, 6.07) is 5.34. The number of benzene rings is 1. The normalized spacial score (nSPS) is 19.6. The van der Waals surface area contributed by atoms with Gasteiger partial charge in [-0.15, -0.1) is 0 Å². The number of amides is 1. The fourth-order valence-corrected chi connectivity index (χ4v) is 2.40. The van der Waals surface area contributed by atoms with E-state index in [1.165, 1.54) is 0 Å². The molecule has 5 nitrogen and oxygen atoms in total. The minimum atomic E-state index is -0.540. The Morgan fingerprint density at radius 1 is 1.52 bits per heavy atom. The molecule has 1 heterocycles. The first-order valence-electron chi connectivity index (χ1n) is 7.20. The number of hydrogen-bond donors (Lipinski definition) is 2. The molecule has 1 aliphatic heterocycles. The molecule has 1 aromatic rings. The third-order valence-electron chi connectivity index (χ3n) is 3.23. The summed E-state index contributed by atoms with van der Waals surface area (Å²) < 4.78 is 11.3. The van der Waals surface area contributed by atoms with Crippen LogP contribution in [0.4, 0.5) is 0 Å². The molecule has 1 amide bonds. The zero-order valence-electron chi connectivity index (χ0n) is 13.0. The molecule has 0 radical (unpaired) electrons. The quantitative estimate of drug-likeness (QED) is 0.893. The molecule has 5 heteroatoms. The lowest BCUT2D eigenvalue weighted by molar-refractivity contribution is -0.123. The van der Waals surface area contributed by atoms with Gasteiger partial charge in [0, 0.05) is 24.1 Å². The molecule has 0 saturated heterocycles. The number of hydrogen-bond acceptors (Lipinski definition) is 4. The standard InChI is InChI=1S/C16H23NO4/c1-10(2)17-15(19)9-20-11-5-6-12-13(18)8-16(3,4)21-14(12)7-11/h5-7,10,13,18H,8-9H2,1-4H3,(H,17,19). The van der Waals surface area contributed by atoms with Gasteiger partial charge in [0.2, 0.25) is 0 Å². The monoisotopic (exact) mass is 293 g/mol. The van der Waals surface area contributed by atoms with Crippen LogP contribution in [0.1, 0.15) is 45.8 Å². The van der Waals surface area contributed by atoms with Crippen molar-refractivity contribution in [3.63, 3.8) is 0 Å². The van der Waals surface area contributed by atoms with Gasteiger partial charge in [-0.05, 0) is 39.8 Å². The van der Waals surface area contributed by atoms with Gasteiger partial charge in [0.05, 0.1) is 6.10 Å². The van der Waals surface area contributed by atoms with Gasteiger partial charge >= 0.3 is 0 Å². The minimum absolute atomic E-state index is 0.0388. The van der Waals surface area contributed by atoms with Crippen molar-refractivity contribution in [3.8, 4) is 11.5 Å². The first kappa shape index (κ1) is 15.6. The van der Waals surface area contributed by atoms with Gasteiger partial charge < -0.3 is 19.9 Å². The number of nitrogens with one attached hydrogen (secondary N) is 1. The first-order valence-corrected chi connectivity index (χ1v) is 7.20. The Morgan fingerprint density at radius 3 is 2.90 bits per heavy atom. The van der Waals surface area contributed by atoms with Crippen molar-refractivity contribution in [2.24, 2.45) is 0 Å². The van der Waals surface area contributed by atoms with Crippen LogP contribution in [0.15, 0.2) is 18.2 Å². The Morgan fingerprint density at radius 2 is 2.24 bits per heavy atom. The lowest BCUT2D eigenvalue weighted by Gasteiger charge is -2.35. The Balaban J connectivity index is 2.05. The largest absolute Gasteiger partial charge is 0.487 e. The van der Waals surface area contributed by atoms with Crippen molar-refractivity contribution in [1.82, 2.24) is 5.32 Å². The van der Waals surface area contributed by atoms with E-state index in [0.717, 1.165) is 5.56 Å². The van der Waals surface area contributed by atoms with E-state index < -0.39 is 11.7 Å².